The molecule has 1 aromatic carbocycles. The van der Waals surface area contributed by atoms with Gasteiger partial charge in [0.05, 0.1) is 13.2 Å². The van der Waals surface area contributed by atoms with E-state index in [0.29, 0.717) is 37.9 Å². The summed E-state index contributed by atoms with van der Waals surface area (Å²) in [4.78, 5) is 34.6. The van der Waals surface area contributed by atoms with Gasteiger partial charge in [-0.25, -0.2) is 9.78 Å². The highest BCUT2D eigenvalue weighted by Crippen LogP contribution is 2.31. The average molecular weight is 495 g/mol. The van der Waals surface area contributed by atoms with Crippen molar-refractivity contribution in [3.05, 3.63) is 41.6 Å². The number of carbonyl (C=O) groups excluding carboxylic acids is 2. The first-order chi connectivity index (χ1) is 17.4. The Kier molecular flexibility index (Phi) is 8.59. The number of nitrogens with zero attached hydrogens (tertiary/aromatic N) is 3. The molecule has 2 aliphatic rings. The Labute approximate surface area is 213 Å². The van der Waals surface area contributed by atoms with Crippen molar-refractivity contribution < 1.29 is 19.4 Å². The van der Waals surface area contributed by atoms with Crippen molar-refractivity contribution in [1.29, 1.82) is 0 Å². The number of anilines is 2. The molecule has 2 aromatic rings. The molecule has 36 heavy (non-hydrogen) atoms. The van der Waals surface area contributed by atoms with E-state index in [9.17, 15) is 14.7 Å². The molecular formula is C28H38N4O4. The number of likely N-dealkylation sites (tertiary alicyclic amines) is 1. The Hall–Kier alpha value is -2.97. The number of hydrogen-bond donors (Lipinski definition) is 2. The Balaban J connectivity index is 1.64. The minimum atomic E-state index is -0.132. The quantitative estimate of drug-likeness (QED) is 0.530. The second-order valence-corrected chi connectivity index (χ2v) is 10.1. The van der Waals surface area contributed by atoms with E-state index in [0.717, 1.165) is 54.1 Å². The van der Waals surface area contributed by atoms with Gasteiger partial charge < -0.3 is 25.0 Å². The van der Waals surface area contributed by atoms with Crippen molar-refractivity contribution in [3.63, 3.8) is 0 Å². The number of morpholine rings is 1. The van der Waals surface area contributed by atoms with Gasteiger partial charge in [0.15, 0.2) is 5.78 Å². The Morgan fingerprint density at radius 2 is 1.97 bits per heavy atom. The number of benzene rings is 1. The summed E-state index contributed by atoms with van der Waals surface area (Å²) in [5.74, 6) is 1.10. The van der Waals surface area contributed by atoms with Crippen molar-refractivity contribution >= 4 is 23.3 Å². The molecule has 2 N–H and O–H groups in total. The van der Waals surface area contributed by atoms with E-state index >= 15 is 0 Å². The highest BCUT2D eigenvalue weighted by molar-refractivity contribution is 5.96. The van der Waals surface area contributed by atoms with E-state index in [1.54, 1.807) is 0 Å². The number of rotatable bonds is 8. The second kappa shape index (κ2) is 11.8. The largest absolute Gasteiger partial charge is 0.396 e. The van der Waals surface area contributed by atoms with Crippen LogP contribution in [0.5, 0.6) is 0 Å². The number of urea groups is 1. The molecule has 0 radical (unpaired) electrons. The predicted octanol–water partition coefficient (Wildman–Crippen LogP) is 4.36. The maximum Gasteiger partial charge on any atom is 0.321 e. The van der Waals surface area contributed by atoms with Crippen LogP contribution < -0.4 is 10.2 Å². The molecule has 0 bridgehead atoms. The van der Waals surface area contributed by atoms with E-state index in [1.165, 1.54) is 0 Å². The van der Waals surface area contributed by atoms with Gasteiger partial charge in [0.1, 0.15) is 11.5 Å². The van der Waals surface area contributed by atoms with Gasteiger partial charge in [-0.15, -0.1) is 0 Å². The molecule has 8 nitrogen and oxygen atoms in total. The van der Waals surface area contributed by atoms with Crippen LogP contribution in [-0.2, 0) is 4.74 Å². The smallest absolute Gasteiger partial charge is 0.321 e. The lowest BCUT2D eigenvalue weighted by Crippen LogP contribution is -2.37. The zero-order chi connectivity index (χ0) is 25.7. The van der Waals surface area contributed by atoms with Gasteiger partial charge in [0.25, 0.3) is 0 Å². The molecule has 2 amide bonds. The number of amides is 2. The van der Waals surface area contributed by atoms with E-state index in [4.69, 9.17) is 9.72 Å². The number of ketones is 1. The number of carbonyl (C=O) groups is 2. The maximum absolute atomic E-state index is 13.0. The molecule has 2 aliphatic heterocycles. The summed E-state index contributed by atoms with van der Waals surface area (Å²) in [6.45, 7) is 10.2. The Morgan fingerprint density at radius 3 is 2.67 bits per heavy atom. The van der Waals surface area contributed by atoms with Crippen LogP contribution in [0.15, 0.2) is 30.3 Å². The summed E-state index contributed by atoms with van der Waals surface area (Å²) in [6, 6.07) is 9.66. The molecule has 0 unspecified atom stereocenters. The first-order valence-corrected chi connectivity index (χ1v) is 13.0. The van der Waals surface area contributed by atoms with Crippen molar-refractivity contribution in [2.24, 2.45) is 11.8 Å². The molecule has 0 aliphatic carbocycles. The van der Waals surface area contributed by atoms with Crippen LogP contribution in [0.25, 0.3) is 11.1 Å². The number of Topliss-reactive ketones (excluding diaryl/α,β-unsaturated/α-hetero) is 1. The van der Waals surface area contributed by atoms with Crippen LogP contribution in [0.4, 0.5) is 16.3 Å². The lowest BCUT2D eigenvalue weighted by Gasteiger charge is -2.28. The van der Waals surface area contributed by atoms with Gasteiger partial charge in [0, 0.05) is 44.9 Å². The first-order valence-electron chi connectivity index (χ1n) is 13.0. The molecule has 2 atom stereocenters. The Morgan fingerprint density at radius 1 is 1.19 bits per heavy atom. The van der Waals surface area contributed by atoms with E-state index in [1.807, 2.05) is 49.1 Å². The summed E-state index contributed by atoms with van der Waals surface area (Å²) in [6.07, 6.45) is 2.37. The molecular weight excluding hydrogens is 456 g/mol. The number of nitrogens with one attached hydrogen (secondary N) is 1. The minimum absolute atomic E-state index is 0.0430. The van der Waals surface area contributed by atoms with Crippen LogP contribution >= 0.6 is 0 Å². The van der Waals surface area contributed by atoms with Crippen molar-refractivity contribution in [2.75, 3.05) is 56.2 Å². The van der Waals surface area contributed by atoms with Gasteiger partial charge >= 0.3 is 6.03 Å². The molecule has 0 saturated carbocycles. The zero-order valence-corrected chi connectivity index (χ0v) is 21.6. The molecule has 4 rings (SSSR count). The standard InChI is InChI=1S/C28H38N4O4/c1-4-21-7-8-32(17-21)28(35)29-23-6-5-20(3)24(16-23)22-14-25(26(34)13-19(2)18-33)30-27(15-22)31-9-11-36-12-10-31/h5-6,14-16,19,21,33H,4,7-13,17-18H2,1-3H3,(H,29,35)/t19-,21+/m0/s1. The third-order valence-electron chi connectivity index (χ3n) is 7.23. The highest BCUT2D eigenvalue weighted by atomic mass is 16.5. The van der Waals surface area contributed by atoms with Crippen LogP contribution in [0, 0.1) is 18.8 Å². The molecule has 194 valence electrons. The molecule has 8 heteroatoms. The SMILES string of the molecule is CC[C@@H]1CCN(C(=O)Nc2ccc(C)c(-c3cc(C(=O)C[C@H](C)CO)nc(N4CCOCC4)c3)c2)C1. The van der Waals surface area contributed by atoms with Crippen molar-refractivity contribution in [2.45, 2.75) is 40.0 Å². The molecule has 2 fully saturated rings. The molecule has 1 aromatic heterocycles. The van der Waals surface area contributed by atoms with Crippen LogP contribution in [-0.4, -0.2) is 72.8 Å². The Bertz CT molecular complexity index is 1080. The number of pyridine rings is 1. The third kappa shape index (κ3) is 6.23. The topological polar surface area (TPSA) is 95.0 Å². The van der Waals surface area contributed by atoms with E-state index < -0.39 is 0 Å². The van der Waals surface area contributed by atoms with Gasteiger partial charge in [-0.2, -0.15) is 0 Å². The highest BCUT2D eigenvalue weighted by Gasteiger charge is 2.25. The average Bonchev–Trinajstić information content (AvgIpc) is 3.39. The summed E-state index contributed by atoms with van der Waals surface area (Å²) in [5.41, 5.74) is 3.99. The number of aryl methyl sites for hydroxylation is 1. The lowest BCUT2D eigenvalue weighted by molar-refractivity contribution is 0.0938. The second-order valence-electron chi connectivity index (χ2n) is 10.1. The summed E-state index contributed by atoms with van der Waals surface area (Å²) < 4.78 is 5.50. The monoisotopic (exact) mass is 494 g/mol. The van der Waals surface area contributed by atoms with Crippen LogP contribution in [0.2, 0.25) is 0 Å². The normalized spacial score (nSPS) is 18.8. The minimum Gasteiger partial charge on any atom is -0.396 e. The zero-order valence-electron chi connectivity index (χ0n) is 21.6. The third-order valence-corrected chi connectivity index (χ3v) is 7.23. The number of aliphatic hydroxyl groups is 1. The van der Waals surface area contributed by atoms with Gasteiger partial charge in [0.2, 0.25) is 0 Å². The van der Waals surface area contributed by atoms with Gasteiger partial charge in [-0.1, -0.05) is 26.3 Å². The summed E-state index contributed by atoms with van der Waals surface area (Å²) in [7, 11) is 0. The fourth-order valence-corrected chi connectivity index (χ4v) is 4.82. The van der Waals surface area contributed by atoms with E-state index in [-0.39, 0.29) is 30.8 Å². The number of aromatic nitrogens is 1. The number of hydrogen-bond acceptors (Lipinski definition) is 6. The van der Waals surface area contributed by atoms with Gasteiger partial charge in [-0.3, -0.25) is 4.79 Å². The first kappa shape index (κ1) is 26.1. The van der Waals surface area contributed by atoms with Crippen LogP contribution in [0.3, 0.4) is 0 Å². The fraction of sp³-hybridized carbons (Fsp3) is 0.536. The number of ether oxygens (including phenoxy) is 1. The summed E-state index contributed by atoms with van der Waals surface area (Å²) >= 11 is 0. The summed E-state index contributed by atoms with van der Waals surface area (Å²) in [5, 5.41) is 12.5. The van der Waals surface area contributed by atoms with Crippen molar-refractivity contribution in [1.82, 2.24) is 9.88 Å². The van der Waals surface area contributed by atoms with Crippen molar-refractivity contribution in [3.8, 4) is 11.1 Å². The molecule has 3 heterocycles. The number of aliphatic hydroxyl groups excluding tert-OH is 1. The lowest BCUT2D eigenvalue weighted by atomic mass is 9.97. The predicted molar refractivity (Wildman–Crippen MR) is 142 cm³/mol. The van der Waals surface area contributed by atoms with Crippen LogP contribution in [0.1, 0.15) is 49.2 Å². The fourth-order valence-electron chi connectivity index (χ4n) is 4.82. The molecule has 0 spiro atoms. The maximum atomic E-state index is 13.0. The van der Waals surface area contributed by atoms with Gasteiger partial charge in [-0.05, 0) is 66.1 Å². The van der Waals surface area contributed by atoms with E-state index in [2.05, 4.69) is 17.1 Å². The molecule has 2 saturated heterocycles.